The first kappa shape index (κ1) is 25.7. The molecule has 2 heterocycles. The van der Waals surface area contributed by atoms with Crippen LogP contribution >= 0.6 is 0 Å². The summed E-state index contributed by atoms with van der Waals surface area (Å²) >= 11 is 0. The molecule has 0 spiro atoms. The molecule has 2 aliphatic rings. The van der Waals surface area contributed by atoms with Gasteiger partial charge in [0.15, 0.2) is 0 Å². The van der Waals surface area contributed by atoms with E-state index in [1.54, 1.807) is 27.5 Å². The molecular weight excluding hydrogens is 454 g/mol. The number of rotatable bonds is 10. The summed E-state index contributed by atoms with van der Waals surface area (Å²) in [7, 11) is 5.07. The standard InChI is InChI=1S/C28H37N5O3/c1-18-6-7-23(33-17-26-27(33)16-32(26)8-9-35-4)13-25(18)28(34)31-19(2)20-10-21(12-24(11-20)36-5)22(14-29)15-30-3/h6-7,10-15,19,26-27H,8-9,16-17,29H2,1-5H3,(H,31,34)/b22-14+,30-15?/t19-,26?,27+/m1/s1. The van der Waals surface area contributed by atoms with Crippen LogP contribution < -0.4 is 20.7 Å². The summed E-state index contributed by atoms with van der Waals surface area (Å²) < 4.78 is 10.7. The number of aliphatic imine (C=N–C) groups is 1. The fraction of sp³-hybridized carbons (Fsp3) is 0.429. The first-order chi connectivity index (χ1) is 17.4. The Morgan fingerprint density at radius 2 is 2.03 bits per heavy atom. The number of nitrogens with one attached hydrogen (secondary N) is 1. The van der Waals surface area contributed by atoms with Gasteiger partial charge in [-0.25, -0.2) is 0 Å². The zero-order valence-electron chi connectivity index (χ0n) is 21.8. The van der Waals surface area contributed by atoms with Gasteiger partial charge in [-0.05, 0) is 60.9 Å². The molecule has 2 aliphatic heterocycles. The van der Waals surface area contributed by atoms with Gasteiger partial charge in [0.05, 0.1) is 25.8 Å². The van der Waals surface area contributed by atoms with Crippen LogP contribution in [0.15, 0.2) is 47.6 Å². The highest BCUT2D eigenvalue weighted by Gasteiger charge is 2.51. The van der Waals surface area contributed by atoms with E-state index in [4.69, 9.17) is 15.2 Å². The van der Waals surface area contributed by atoms with Crippen molar-refractivity contribution < 1.29 is 14.3 Å². The van der Waals surface area contributed by atoms with Crippen LogP contribution in [-0.2, 0) is 4.74 Å². The number of hydrogen-bond donors (Lipinski definition) is 2. The average Bonchev–Trinajstić information content (AvgIpc) is 2.87. The third-order valence-corrected chi connectivity index (χ3v) is 7.29. The highest BCUT2D eigenvalue weighted by molar-refractivity contribution is 6.09. The lowest BCUT2D eigenvalue weighted by molar-refractivity contribution is -0.00581. The van der Waals surface area contributed by atoms with Gasteiger partial charge in [0.1, 0.15) is 5.75 Å². The summed E-state index contributed by atoms with van der Waals surface area (Å²) in [6.07, 6.45) is 3.22. The van der Waals surface area contributed by atoms with E-state index in [2.05, 4.69) is 26.2 Å². The van der Waals surface area contributed by atoms with Crippen molar-refractivity contribution in [2.75, 3.05) is 52.4 Å². The summed E-state index contributed by atoms with van der Waals surface area (Å²) in [4.78, 5) is 22.3. The average molecular weight is 492 g/mol. The number of likely N-dealkylation sites (tertiary alicyclic amines) is 1. The molecule has 3 N–H and O–H groups in total. The second-order valence-electron chi connectivity index (χ2n) is 9.47. The van der Waals surface area contributed by atoms with Crippen molar-refractivity contribution in [2.24, 2.45) is 10.7 Å². The highest BCUT2D eigenvalue weighted by atomic mass is 16.5. The summed E-state index contributed by atoms with van der Waals surface area (Å²) in [5, 5.41) is 3.17. The Morgan fingerprint density at radius 3 is 2.67 bits per heavy atom. The number of hydrogen-bond acceptors (Lipinski definition) is 7. The molecule has 1 unspecified atom stereocenters. The van der Waals surface area contributed by atoms with Crippen molar-refractivity contribution in [1.82, 2.24) is 10.2 Å². The number of amides is 1. The minimum atomic E-state index is -0.235. The number of aryl methyl sites for hydroxylation is 1. The highest BCUT2D eigenvalue weighted by Crippen LogP contribution is 2.37. The van der Waals surface area contributed by atoms with E-state index in [9.17, 15) is 4.79 Å². The third-order valence-electron chi connectivity index (χ3n) is 7.29. The number of anilines is 1. The Hall–Kier alpha value is -3.36. The maximum absolute atomic E-state index is 13.4. The van der Waals surface area contributed by atoms with Crippen LogP contribution in [0.4, 0.5) is 5.69 Å². The molecule has 0 bridgehead atoms. The summed E-state index contributed by atoms with van der Waals surface area (Å²) in [5.74, 6) is 0.598. The Balaban J connectivity index is 1.47. The fourth-order valence-corrected chi connectivity index (χ4v) is 5.01. The zero-order chi connectivity index (χ0) is 25.8. The minimum Gasteiger partial charge on any atom is -0.497 e. The Kier molecular flexibility index (Phi) is 7.96. The van der Waals surface area contributed by atoms with E-state index in [1.807, 2.05) is 44.2 Å². The maximum atomic E-state index is 13.4. The molecule has 2 fully saturated rings. The van der Waals surface area contributed by atoms with Gasteiger partial charge in [-0.15, -0.1) is 0 Å². The lowest BCUT2D eigenvalue weighted by Crippen LogP contribution is -2.79. The molecular formula is C28H37N5O3. The monoisotopic (exact) mass is 491 g/mol. The SMILES string of the molecule is CN=C/C(=C\N)c1cc(OC)cc([C@@H](C)NC(=O)c2cc(N3CC4[C@@H]3CN4CCOC)ccc2C)c1. The van der Waals surface area contributed by atoms with Crippen LogP contribution in [0.5, 0.6) is 5.75 Å². The predicted molar refractivity (Wildman–Crippen MR) is 145 cm³/mol. The van der Waals surface area contributed by atoms with E-state index in [-0.39, 0.29) is 11.9 Å². The van der Waals surface area contributed by atoms with Crippen molar-refractivity contribution in [3.63, 3.8) is 0 Å². The largest absolute Gasteiger partial charge is 0.497 e. The number of allylic oxidation sites excluding steroid dienone is 1. The Bertz CT molecular complexity index is 1160. The van der Waals surface area contributed by atoms with Gasteiger partial charge >= 0.3 is 0 Å². The lowest BCUT2D eigenvalue weighted by atomic mass is 9.84. The fourth-order valence-electron chi connectivity index (χ4n) is 5.01. The summed E-state index contributed by atoms with van der Waals surface area (Å²) in [6, 6.07) is 12.9. The normalized spacial score (nSPS) is 20.5. The van der Waals surface area contributed by atoms with Crippen molar-refractivity contribution in [2.45, 2.75) is 32.0 Å². The van der Waals surface area contributed by atoms with E-state index >= 15 is 0 Å². The molecule has 192 valence electrons. The van der Waals surface area contributed by atoms with E-state index in [1.165, 1.54) is 6.20 Å². The molecule has 1 amide bonds. The zero-order valence-corrected chi connectivity index (χ0v) is 21.8. The molecule has 2 aromatic carbocycles. The Labute approximate surface area is 213 Å². The number of benzene rings is 2. The molecule has 0 saturated carbocycles. The first-order valence-corrected chi connectivity index (χ1v) is 12.3. The molecule has 3 atom stereocenters. The minimum absolute atomic E-state index is 0.0941. The first-order valence-electron chi connectivity index (χ1n) is 12.3. The predicted octanol–water partition coefficient (Wildman–Crippen LogP) is 3.01. The molecule has 8 heteroatoms. The number of methoxy groups -OCH3 is 2. The molecule has 2 saturated heterocycles. The van der Waals surface area contributed by atoms with Crippen molar-refractivity contribution in [3.8, 4) is 5.75 Å². The van der Waals surface area contributed by atoms with E-state index in [0.29, 0.717) is 23.4 Å². The number of ether oxygens (including phenoxy) is 2. The Morgan fingerprint density at radius 1 is 1.22 bits per heavy atom. The number of carbonyl (C=O) groups excluding carboxylic acids is 1. The van der Waals surface area contributed by atoms with E-state index < -0.39 is 0 Å². The van der Waals surface area contributed by atoms with Crippen LogP contribution in [0.3, 0.4) is 0 Å². The third kappa shape index (κ3) is 5.10. The lowest BCUT2D eigenvalue weighted by Gasteiger charge is -2.63. The van der Waals surface area contributed by atoms with Gasteiger partial charge in [-0.1, -0.05) is 6.07 Å². The quantitative estimate of drug-likeness (QED) is 0.497. The number of nitrogens with two attached hydrogens (primary N) is 1. The van der Waals surface area contributed by atoms with Gasteiger partial charge in [-0.2, -0.15) is 0 Å². The van der Waals surface area contributed by atoms with E-state index in [0.717, 1.165) is 54.2 Å². The van der Waals surface area contributed by atoms with Gasteiger partial charge in [-0.3, -0.25) is 14.7 Å². The number of nitrogens with zero attached hydrogens (tertiary/aromatic N) is 3. The van der Waals surface area contributed by atoms with Crippen molar-refractivity contribution >= 4 is 23.4 Å². The van der Waals surface area contributed by atoms with Crippen LogP contribution in [-0.4, -0.2) is 76.6 Å². The molecule has 4 rings (SSSR count). The smallest absolute Gasteiger partial charge is 0.252 e. The van der Waals surface area contributed by atoms with Crippen LogP contribution in [0.2, 0.25) is 0 Å². The van der Waals surface area contributed by atoms with Crippen molar-refractivity contribution in [1.29, 1.82) is 0 Å². The molecule has 0 radical (unpaired) electrons. The van der Waals surface area contributed by atoms with Gasteiger partial charge in [0.25, 0.3) is 5.91 Å². The molecule has 2 aromatic rings. The molecule has 0 aliphatic carbocycles. The summed E-state index contributed by atoms with van der Waals surface area (Å²) in [6.45, 7) is 7.72. The topological polar surface area (TPSA) is 92.4 Å². The van der Waals surface area contributed by atoms with Gasteiger partial charge in [0, 0.05) is 69.1 Å². The number of piperazine rings is 1. The van der Waals surface area contributed by atoms with Crippen molar-refractivity contribution in [3.05, 3.63) is 64.9 Å². The molecule has 36 heavy (non-hydrogen) atoms. The van der Waals surface area contributed by atoms with Crippen LogP contribution in [0, 0.1) is 6.92 Å². The van der Waals surface area contributed by atoms with Crippen LogP contribution in [0.25, 0.3) is 5.57 Å². The second-order valence-corrected chi connectivity index (χ2v) is 9.47. The maximum Gasteiger partial charge on any atom is 0.252 e. The summed E-state index contributed by atoms with van der Waals surface area (Å²) in [5.41, 5.74) is 11.1. The van der Waals surface area contributed by atoms with Gasteiger partial charge in [0.2, 0.25) is 0 Å². The second kappa shape index (κ2) is 11.1. The van der Waals surface area contributed by atoms with Gasteiger partial charge < -0.3 is 25.4 Å². The van der Waals surface area contributed by atoms with Crippen LogP contribution in [0.1, 0.15) is 40.0 Å². The number of fused-ring (bicyclic) bond motifs is 1. The molecule has 8 nitrogen and oxygen atoms in total. The molecule has 0 aromatic heterocycles. The number of carbonyl (C=O) groups is 1.